The van der Waals surface area contributed by atoms with E-state index in [1.807, 2.05) is 42.6 Å². The maximum absolute atomic E-state index is 13.3. The molecule has 3 nitrogen and oxygen atoms in total. The van der Waals surface area contributed by atoms with Crippen molar-refractivity contribution in [3.8, 4) is 0 Å². The quantitative estimate of drug-likeness (QED) is 0.562. The third-order valence-electron chi connectivity index (χ3n) is 4.09. The summed E-state index contributed by atoms with van der Waals surface area (Å²) in [5.41, 5.74) is 3.15. The molecule has 1 atom stereocenters. The highest BCUT2D eigenvalue weighted by Crippen LogP contribution is 2.31. The Labute approximate surface area is 139 Å². The molecule has 2 aromatic heterocycles. The summed E-state index contributed by atoms with van der Waals surface area (Å²) in [5.74, 6) is 0.534. The maximum Gasteiger partial charge on any atom is 0.126 e. The zero-order chi connectivity index (χ0) is 16.4. The van der Waals surface area contributed by atoms with E-state index in [-0.39, 0.29) is 11.9 Å². The van der Waals surface area contributed by atoms with Crippen molar-refractivity contribution in [3.05, 3.63) is 96.1 Å². The van der Waals surface area contributed by atoms with Crippen LogP contribution in [0.5, 0.6) is 0 Å². The average Bonchev–Trinajstić information content (AvgIpc) is 3.05. The monoisotopic (exact) mass is 317 g/mol. The summed E-state index contributed by atoms with van der Waals surface area (Å²) in [6.45, 7) is 0. The van der Waals surface area contributed by atoms with Crippen LogP contribution in [0.1, 0.15) is 17.2 Å². The Morgan fingerprint density at radius 1 is 0.917 bits per heavy atom. The van der Waals surface area contributed by atoms with Crippen molar-refractivity contribution in [2.75, 3.05) is 5.32 Å². The molecule has 0 spiro atoms. The van der Waals surface area contributed by atoms with Crippen molar-refractivity contribution < 1.29 is 4.39 Å². The molecular weight excluding hydrogens is 301 g/mol. The van der Waals surface area contributed by atoms with Crippen LogP contribution in [0.4, 0.5) is 10.2 Å². The van der Waals surface area contributed by atoms with Gasteiger partial charge >= 0.3 is 0 Å². The van der Waals surface area contributed by atoms with Crippen molar-refractivity contribution in [2.24, 2.45) is 0 Å². The minimum Gasteiger partial charge on any atom is -0.361 e. The zero-order valence-electron chi connectivity index (χ0n) is 12.9. The van der Waals surface area contributed by atoms with E-state index < -0.39 is 0 Å². The highest BCUT2D eigenvalue weighted by Gasteiger charge is 2.18. The van der Waals surface area contributed by atoms with Crippen molar-refractivity contribution in [3.63, 3.8) is 0 Å². The number of nitrogens with one attached hydrogen (secondary N) is 2. The van der Waals surface area contributed by atoms with Gasteiger partial charge in [0.2, 0.25) is 0 Å². The predicted molar refractivity (Wildman–Crippen MR) is 94.4 cm³/mol. The van der Waals surface area contributed by atoms with Crippen LogP contribution in [0.15, 0.2) is 79.1 Å². The second kappa shape index (κ2) is 6.16. The van der Waals surface area contributed by atoms with E-state index in [1.165, 1.54) is 12.1 Å². The lowest BCUT2D eigenvalue weighted by atomic mass is 9.98. The average molecular weight is 317 g/mol. The van der Waals surface area contributed by atoms with E-state index in [4.69, 9.17) is 0 Å². The van der Waals surface area contributed by atoms with Gasteiger partial charge in [0.15, 0.2) is 0 Å². The number of hydrogen-bond donors (Lipinski definition) is 2. The van der Waals surface area contributed by atoms with Gasteiger partial charge in [-0.2, -0.15) is 0 Å². The number of anilines is 1. The number of halogens is 1. The Morgan fingerprint density at radius 3 is 2.50 bits per heavy atom. The summed E-state index contributed by atoms with van der Waals surface area (Å²) in [6, 6.07) is 20.3. The standard InChI is InChI=1S/C20H16FN3/c21-15-10-8-14(9-11-15)20(24-19-7-3-4-12-22-19)17-13-23-18-6-2-1-5-16(17)18/h1-13,20,23H,(H,22,24)/t20-/m0/s1. The minimum atomic E-state index is -0.241. The summed E-state index contributed by atoms with van der Waals surface area (Å²) in [4.78, 5) is 7.66. The SMILES string of the molecule is Fc1ccc([C@H](Nc2ccccn2)c2c[nH]c3ccccc23)cc1. The fourth-order valence-electron chi connectivity index (χ4n) is 2.92. The maximum atomic E-state index is 13.3. The van der Waals surface area contributed by atoms with Gasteiger partial charge in [-0.1, -0.05) is 36.4 Å². The number of aromatic amines is 1. The van der Waals surface area contributed by atoms with E-state index in [2.05, 4.69) is 21.4 Å². The Hall–Kier alpha value is -3.14. The molecule has 0 unspecified atom stereocenters. The molecule has 0 aliphatic heterocycles. The van der Waals surface area contributed by atoms with E-state index in [0.29, 0.717) is 0 Å². The Balaban J connectivity index is 1.82. The second-order valence-electron chi connectivity index (χ2n) is 5.63. The highest BCUT2D eigenvalue weighted by molar-refractivity contribution is 5.84. The molecule has 0 aliphatic carbocycles. The number of nitrogens with zero attached hydrogens (tertiary/aromatic N) is 1. The molecule has 0 fully saturated rings. The number of para-hydroxylation sites is 1. The molecule has 4 aromatic rings. The molecule has 0 saturated carbocycles. The Kier molecular flexibility index (Phi) is 3.71. The van der Waals surface area contributed by atoms with E-state index in [1.54, 1.807) is 18.3 Å². The number of aromatic nitrogens is 2. The lowest BCUT2D eigenvalue weighted by molar-refractivity contribution is 0.626. The first-order valence-corrected chi connectivity index (χ1v) is 7.80. The smallest absolute Gasteiger partial charge is 0.126 e. The first-order chi connectivity index (χ1) is 11.8. The molecule has 4 heteroatoms. The van der Waals surface area contributed by atoms with Gasteiger partial charge in [-0.05, 0) is 35.9 Å². The van der Waals surface area contributed by atoms with E-state index >= 15 is 0 Å². The first-order valence-electron chi connectivity index (χ1n) is 7.80. The molecule has 4 rings (SSSR count). The molecule has 2 aromatic carbocycles. The number of pyridine rings is 1. The number of rotatable bonds is 4. The molecule has 0 amide bonds. The Morgan fingerprint density at radius 2 is 1.71 bits per heavy atom. The van der Waals surface area contributed by atoms with Crippen LogP contribution in [0.3, 0.4) is 0 Å². The summed E-state index contributed by atoms with van der Waals surface area (Å²) < 4.78 is 13.3. The largest absolute Gasteiger partial charge is 0.361 e. The lowest BCUT2D eigenvalue weighted by Gasteiger charge is -2.20. The van der Waals surface area contributed by atoms with Crippen LogP contribution in [-0.4, -0.2) is 9.97 Å². The van der Waals surface area contributed by atoms with Crippen LogP contribution in [0.2, 0.25) is 0 Å². The van der Waals surface area contributed by atoms with Crippen LogP contribution in [0.25, 0.3) is 10.9 Å². The third-order valence-corrected chi connectivity index (χ3v) is 4.09. The molecule has 24 heavy (non-hydrogen) atoms. The molecular formula is C20H16FN3. The summed E-state index contributed by atoms with van der Waals surface area (Å²) in [7, 11) is 0. The van der Waals surface area contributed by atoms with Gasteiger partial charge in [0, 0.05) is 28.9 Å². The molecule has 0 aliphatic rings. The van der Waals surface area contributed by atoms with Crippen LogP contribution < -0.4 is 5.32 Å². The van der Waals surface area contributed by atoms with E-state index in [9.17, 15) is 4.39 Å². The fraction of sp³-hybridized carbons (Fsp3) is 0.0500. The van der Waals surface area contributed by atoms with Gasteiger partial charge in [-0.15, -0.1) is 0 Å². The second-order valence-corrected chi connectivity index (χ2v) is 5.63. The number of H-pyrrole nitrogens is 1. The molecule has 2 heterocycles. The van der Waals surface area contributed by atoms with Gasteiger partial charge in [-0.3, -0.25) is 0 Å². The van der Waals surface area contributed by atoms with Gasteiger partial charge in [0.05, 0.1) is 6.04 Å². The van der Waals surface area contributed by atoms with Crippen molar-refractivity contribution in [2.45, 2.75) is 6.04 Å². The van der Waals surface area contributed by atoms with Gasteiger partial charge in [0.1, 0.15) is 11.6 Å². The predicted octanol–water partition coefficient (Wildman–Crippen LogP) is 4.90. The fourth-order valence-corrected chi connectivity index (χ4v) is 2.92. The van der Waals surface area contributed by atoms with Crippen molar-refractivity contribution >= 4 is 16.7 Å². The van der Waals surface area contributed by atoms with Crippen LogP contribution >= 0.6 is 0 Å². The summed E-state index contributed by atoms with van der Waals surface area (Å²) in [5, 5.41) is 4.59. The highest BCUT2D eigenvalue weighted by atomic mass is 19.1. The third kappa shape index (κ3) is 2.74. The Bertz CT molecular complexity index is 945. The zero-order valence-corrected chi connectivity index (χ0v) is 12.9. The van der Waals surface area contributed by atoms with Crippen LogP contribution in [0, 0.1) is 5.82 Å². The molecule has 0 radical (unpaired) electrons. The summed E-state index contributed by atoms with van der Waals surface area (Å²) in [6.07, 6.45) is 3.74. The van der Waals surface area contributed by atoms with Gasteiger partial charge in [0.25, 0.3) is 0 Å². The lowest BCUT2D eigenvalue weighted by Crippen LogP contribution is -2.13. The van der Waals surface area contributed by atoms with Crippen molar-refractivity contribution in [1.29, 1.82) is 0 Å². The number of fused-ring (bicyclic) bond motifs is 1. The van der Waals surface area contributed by atoms with Crippen molar-refractivity contribution in [1.82, 2.24) is 9.97 Å². The van der Waals surface area contributed by atoms with Gasteiger partial charge < -0.3 is 10.3 Å². The summed E-state index contributed by atoms with van der Waals surface area (Å²) >= 11 is 0. The normalized spacial score (nSPS) is 12.2. The number of benzene rings is 2. The molecule has 118 valence electrons. The minimum absolute atomic E-state index is 0.128. The molecule has 0 saturated heterocycles. The topological polar surface area (TPSA) is 40.7 Å². The van der Waals surface area contributed by atoms with Gasteiger partial charge in [-0.25, -0.2) is 9.37 Å². The first kappa shape index (κ1) is 14.5. The molecule has 0 bridgehead atoms. The van der Waals surface area contributed by atoms with Crippen LogP contribution in [-0.2, 0) is 0 Å². The molecule has 2 N–H and O–H groups in total. The van der Waals surface area contributed by atoms with E-state index in [0.717, 1.165) is 27.8 Å². The number of hydrogen-bond acceptors (Lipinski definition) is 2.